The Morgan fingerprint density at radius 3 is 2.27 bits per heavy atom. The van der Waals surface area contributed by atoms with Crippen LogP contribution < -0.4 is 4.74 Å². The molecular formula is C15H21Cl2NO4. The first-order valence-corrected chi connectivity index (χ1v) is 7.63. The third-order valence-electron chi connectivity index (χ3n) is 2.99. The van der Waals surface area contributed by atoms with Gasteiger partial charge in [-0.15, -0.1) is 0 Å². The van der Waals surface area contributed by atoms with E-state index in [1.54, 1.807) is 44.2 Å². The summed E-state index contributed by atoms with van der Waals surface area (Å²) in [6.45, 7) is 3.52. The van der Waals surface area contributed by atoms with Crippen LogP contribution in [0.5, 0.6) is 5.75 Å². The fourth-order valence-electron chi connectivity index (χ4n) is 1.80. The van der Waals surface area contributed by atoms with Crippen LogP contribution in [0.25, 0.3) is 0 Å². The number of carbonyl (C=O) groups excluding carboxylic acids is 1. The molecule has 1 atom stereocenters. The van der Waals surface area contributed by atoms with Gasteiger partial charge in [-0.25, -0.2) is 0 Å². The van der Waals surface area contributed by atoms with E-state index in [1.807, 2.05) is 0 Å². The maximum atomic E-state index is 12.5. The van der Waals surface area contributed by atoms with Gasteiger partial charge in [0.1, 0.15) is 5.75 Å². The van der Waals surface area contributed by atoms with E-state index in [1.165, 1.54) is 0 Å². The van der Waals surface area contributed by atoms with Crippen LogP contribution in [0.4, 0.5) is 0 Å². The Kier molecular flexibility index (Phi) is 8.56. The lowest BCUT2D eigenvalue weighted by molar-refractivity contribution is -0.139. The van der Waals surface area contributed by atoms with E-state index in [-0.39, 0.29) is 5.91 Å². The van der Waals surface area contributed by atoms with Gasteiger partial charge in [-0.3, -0.25) is 4.79 Å². The van der Waals surface area contributed by atoms with Crippen molar-refractivity contribution in [2.75, 3.05) is 40.5 Å². The lowest BCUT2D eigenvalue weighted by Gasteiger charge is -2.26. The highest BCUT2D eigenvalue weighted by Crippen LogP contribution is 2.28. The highest BCUT2D eigenvalue weighted by Gasteiger charge is 2.22. The molecule has 1 aromatic carbocycles. The fourth-order valence-corrected chi connectivity index (χ4v) is 2.26. The van der Waals surface area contributed by atoms with Gasteiger partial charge < -0.3 is 19.1 Å². The summed E-state index contributed by atoms with van der Waals surface area (Å²) in [4.78, 5) is 14.1. The minimum absolute atomic E-state index is 0.153. The van der Waals surface area contributed by atoms with E-state index in [0.29, 0.717) is 42.1 Å². The fraction of sp³-hybridized carbons (Fsp3) is 0.533. The van der Waals surface area contributed by atoms with Crippen LogP contribution in [0.2, 0.25) is 10.0 Å². The Hall–Kier alpha value is -1.01. The average molecular weight is 350 g/mol. The van der Waals surface area contributed by atoms with E-state index in [9.17, 15) is 4.79 Å². The van der Waals surface area contributed by atoms with Gasteiger partial charge in [0.05, 0.1) is 18.2 Å². The number of methoxy groups -OCH3 is 2. The summed E-state index contributed by atoms with van der Waals surface area (Å²) in [6.07, 6.45) is -0.674. The van der Waals surface area contributed by atoms with Crippen molar-refractivity contribution in [2.45, 2.75) is 13.0 Å². The molecule has 0 bridgehead atoms. The molecule has 124 valence electrons. The van der Waals surface area contributed by atoms with Gasteiger partial charge in [-0.1, -0.05) is 23.2 Å². The maximum Gasteiger partial charge on any atom is 0.263 e. The average Bonchev–Trinajstić information content (AvgIpc) is 2.49. The topological polar surface area (TPSA) is 48.0 Å². The quantitative estimate of drug-likeness (QED) is 0.687. The summed E-state index contributed by atoms with van der Waals surface area (Å²) < 4.78 is 15.7. The van der Waals surface area contributed by atoms with Gasteiger partial charge in [0.25, 0.3) is 5.91 Å². The summed E-state index contributed by atoms with van der Waals surface area (Å²) in [5, 5.41) is 0.880. The molecular weight excluding hydrogens is 329 g/mol. The summed E-state index contributed by atoms with van der Waals surface area (Å²) in [5.41, 5.74) is 0. The van der Waals surface area contributed by atoms with Crippen molar-refractivity contribution in [3.63, 3.8) is 0 Å². The van der Waals surface area contributed by atoms with Gasteiger partial charge in [0.2, 0.25) is 0 Å². The van der Waals surface area contributed by atoms with Gasteiger partial charge in [-0.2, -0.15) is 0 Å². The van der Waals surface area contributed by atoms with Crippen LogP contribution in [-0.4, -0.2) is 57.4 Å². The van der Waals surface area contributed by atoms with E-state index in [2.05, 4.69) is 0 Å². The summed E-state index contributed by atoms with van der Waals surface area (Å²) in [7, 11) is 3.18. The molecule has 0 N–H and O–H groups in total. The molecule has 0 radical (unpaired) electrons. The lowest BCUT2D eigenvalue weighted by Crippen LogP contribution is -2.43. The zero-order chi connectivity index (χ0) is 16.5. The molecule has 0 aliphatic heterocycles. The largest absolute Gasteiger partial charge is 0.479 e. The lowest BCUT2D eigenvalue weighted by atomic mass is 10.3. The third kappa shape index (κ3) is 6.01. The van der Waals surface area contributed by atoms with Crippen LogP contribution in [0.1, 0.15) is 6.92 Å². The number of halogens is 2. The van der Waals surface area contributed by atoms with Crippen LogP contribution in [-0.2, 0) is 14.3 Å². The molecule has 0 heterocycles. The second-order valence-corrected chi connectivity index (χ2v) is 5.49. The molecule has 0 aromatic heterocycles. The Balaban J connectivity index is 2.70. The number of nitrogens with zero attached hydrogens (tertiary/aromatic N) is 1. The molecule has 0 saturated heterocycles. The summed E-state index contributed by atoms with van der Waals surface area (Å²) >= 11 is 11.9. The van der Waals surface area contributed by atoms with Crippen molar-refractivity contribution >= 4 is 29.1 Å². The first-order valence-electron chi connectivity index (χ1n) is 6.88. The van der Waals surface area contributed by atoms with Crippen molar-refractivity contribution in [3.8, 4) is 5.75 Å². The van der Waals surface area contributed by atoms with Crippen molar-refractivity contribution in [1.29, 1.82) is 0 Å². The molecule has 22 heavy (non-hydrogen) atoms. The molecule has 1 unspecified atom stereocenters. The Labute approximate surface area is 141 Å². The van der Waals surface area contributed by atoms with Crippen LogP contribution in [0.3, 0.4) is 0 Å². The Morgan fingerprint density at radius 2 is 1.77 bits per heavy atom. The Morgan fingerprint density at radius 1 is 1.18 bits per heavy atom. The molecule has 0 aliphatic carbocycles. The molecule has 0 aliphatic rings. The molecule has 5 nitrogen and oxygen atoms in total. The van der Waals surface area contributed by atoms with Crippen molar-refractivity contribution < 1.29 is 19.0 Å². The second kappa shape index (κ2) is 9.90. The van der Waals surface area contributed by atoms with E-state index >= 15 is 0 Å². The molecule has 0 fully saturated rings. The number of hydrogen-bond donors (Lipinski definition) is 0. The minimum Gasteiger partial charge on any atom is -0.479 e. The zero-order valence-corrected chi connectivity index (χ0v) is 14.5. The number of hydrogen-bond acceptors (Lipinski definition) is 4. The number of ether oxygens (including phenoxy) is 3. The second-order valence-electron chi connectivity index (χ2n) is 4.65. The first-order chi connectivity index (χ1) is 10.5. The number of amides is 1. The maximum absolute atomic E-state index is 12.5. The highest BCUT2D eigenvalue weighted by atomic mass is 35.5. The monoisotopic (exact) mass is 349 g/mol. The molecule has 1 amide bonds. The molecule has 1 aromatic rings. The van der Waals surface area contributed by atoms with Gasteiger partial charge in [0, 0.05) is 32.3 Å². The normalized spacial score (nSPS) is 12.0. The van der Waals surface area contributed by atoms with Gasteiger partial charge in [-0.05, 0) is 25.1 Å². The van der Waals surface area contributed by atoms with Crippen LogP contribution in [0.15, 0.2) is 18.2 Å². The smallest absolute Gasteiger partial charge is 0.263 e. The highest BCUT2D eigenvalue weighted by molar-refractivity contribution is 6.35. The number of benzene rings is 1. The standard InChI is InChI=1S/C15H21Cl2NO4/c1-11(22-14-5-4-12(16)10-13(14)17)15(19)18(6-8-20-2)7-9-21-3/h4-5,10-11H,6-9H2,1-3H3. The van der Waals surface area contributed by atoms with Gasteiger partial charge >= 0.3 is 0 Å². The van der Waals surface area contributed by atoms with Crippen molar-refractivity contribution in [1.82, 2.24) is 4.90 Å². The Bertz CT molecular complexity index is 477. The minimum atomic E-state index is -0.674. The first kappa shape index (κ1) is 19.0. The van der Waals surface area contributed by atoms with Crippen LogP contribution in [0, 0.1) is 0 Å². The number of rotatable bonds is 9. The van der Waals surface area contributed by atoms with Crippen molar-refractivity contribution in [2.24, 2.45) is 0 Å². The van der Waals surface area contributed by atoms with Gasteiger partial charge in [0.15, 0.2) is 6.10 Å². The molecule has 0 spiro atoms. The predicted octanol–water partition coefficient (Wildman–Crippen LogP) is 2.88. The number of carbonyl (C=O) groups is 1. The van der Waals surface area contributed by atoms with Crippen LogP contribution >= 0.6 is 23.2 Å². The zero-order valence-electron chi connectivity index (χ0n) is 13.0. The SMILES string of the molecule is COCCN(CCOC)C(=O)C(C)Oc1ccc(Cl)cc1Cl. The molecule has 1 rings (SSSR count). The van der Waals surface area contributed by atoms with E-state index in [0.717, 1.165) is 0 Å². The van der Waals surface area contributed by atoms with E-state index in [4.69, 9.17) is 37.4 Å². The van der Waals surface area contributed by atoms with E-state index < -0.39 is 6.10 Å². The predicted molar refractivity (Wildman–Crippen MR) is 86.9 cm³/mol. The molecule has 7 heteroatoms. The summed E-state index contributed by atoms with van der Waals surface area (Å²) in [6, 6.07) is 4.87. The third-order valence-corrected chi connectivity index (χ3v) is 3.52. The summed E-state index contributed by atoms with van der Waals surface area (Å²) in [5.74, 6) is 0.269. The van der Waals surface area contributed by atoms with Crippen molar-refractivity contribution in [3.05, 3.63) is 28.2 Å². The molecule has 0 saturated carbocycles.